The van der Waals surface area contributed by atoms with Crippen LogP contribution in [0.1, 0.15) is 36.0 Å². The van der Waals surface area contributed by atoms with Crippen LogP contribution in [0.15, 0.2) is 22.5 Å². The lowest BCUT2D eigenvalue weighted by Gasteiger charge is -2.20. The maximum Gasteiger partial charge on any atom is 0.191 e. The lowest BCUT2D eigenvalue weighted by Crippen LogP contribution is -2.37. The van der Waals surface area contributed by atoms with Gasteiger partial charge in [-0.3, -0.25) is 4.99 Å². The van der Waals surface area contributed by atoms with E-state index in [-0.39, 0.29) is 0 Å². The molecular weight excluding hydrogens is 384 g/mol. The molecule has 146 valence electrons. The van der Waals surface area contributed by atoms with Gasteiger partial charge < -0.3 is 20.1 Å². The van der Waals surface area contributed by atoms with Crippen LogP contribution in [-0.2, 0) is 13.0 Å². The number of thiazole rings is 1. The largest absolute Gasteiger partial charge is 0.486 e. The second-order valence-corrected chi connectivity index (χ2v) is 7.88. The maximum absolute atomic E-state index is 6.29. The second kappa shape index (κ2) is 9.28. The summed E-state index contributed by atoms with van der Waals surface area (Å²) in [6.45, 7) is 6.77. The molecule has 6 nitrogen and oxygen atoms in total. The molecule has 2 aromatic rings. The van der Waals surface area contributed by atoms with Gasteiger partial charge in [0.2, 0.25) is 0 Å². The number of hydrogen-bond acceptors (Lipinski definition) is 5. The number of rotatable bonds is 6. The van der Waals surface area contributed by atoms with Crippen molar-refractivity contribution in [2.75, 3.05) is 26.8 Å². The van der Waals surface area contributed by atoms with Crippen LogP contribution in [0.4, 0.5) is 0 Å². The summed E-state index contributed by atoms with van der Waals surface area (Å²) in [5, 5.41) is 10.4. The number of aromatic nitrogens is 1. The van der Waals surface area contributed by atoms with E-state index in [0.717, 1.165) is 40.9 Å². The van der Waals surface area contributed by atoms with Crippen molar-refractivity contribution < 1.29 is 9.47 Å². The smallest absolute Gasteiger partial charge is 0.191 e. The third-order valence-corrected chi connectivity index (χ3v) is 5.30. The first-order valence-corrected chi connectivity index (χ1v) is 10.3. The van der Waals surface area contributed by atoms with E-state index >= 15 is 0 Å². The van der Waals surface area contributed by atoms with Gasteiger partial charge in [-0.1, -0.05) is 25.4 Å². The Kier molecular flexibility index (Phi) is 6.79. The molecule has 8 heteroatoms. The van der Waals surface area contributed by atoms with E-state index in [4.69, 9.17) is 21.1 Å². The Bertz CT molecular complexity index is 807. The fourth-order valence-electron chi connectivity index (χ4n) is 2.69. The van der Waals surface area contributed by atoms with Gasteiger partial charge in [0.1, 0.15) is 18.2 Å². The number of hydrogen-bond donors (Lipinski definition) is 2. The zero-order valence-corrected chi connectivity index (χ0v) is 17.4. The third kappa shape index (κ3) is 5.26. The first-order valence-electron chi connectivity index (χ1n) is 9.03. The van der Waals surface area contributed by atoms with Gasteiger partial charge in [-0.2, -0.15) is 0 Å². The van der Waals surface area contributed by atoms with E-state index in [2.05, 4.69) is 39.8 Å². The Hall–Kier alpha value is -1.99. The van der Waals surface area contributed by atoms with Gasteiger partial charge in [-0.15, -0.1) is 11.3 Å². The van der Waals surface area contributed by atoms with Crippen LogP contribution < -0.4 is 20.1 Å². The molecule has 0 atom stereocenters. The fraction of sp³-hybridized carbons (Fsp3) is 0.474. The first kappa shape index (κ1) is 19.8. The number of nitrogens with zero attached hydrogens (tertiary/aromatic N) is 2. The molecule has 2 N–H and O–H groups in total. The zero-order chi connectivity index (χ0) is 19.2. The number of fused-ring (bicyclic) bond motifs is 1. The van der Waals surface area contributed by atoms with Crippen molar-refractivity contribution in [1.29, 1.82) is 0 Å². The molecule has 1 aromatic carbocycles. The van der Waals surface area contributed by atoms with Crippen molar-refractivity contribution in [3.05, 3.63) is 38.8 Å². The molecule has 1 aliphatic rings. The summed E-state index contributed by atoms with van der Waals surface area (Å²) in [5.41, 5.74) is 2.23. The lowest BCUT2D eigenvalue weighted by atomic mass is 10.1. The average Bonchev–Trinajstić information content (AvgIpc) is 3.14. The van der Waals surface area contributed by atoms with Gasteiger partial charge in [-0.05, 0) is 30.0 Å². The molecule has 0 aliphatic carbocycles. The molecule has 0 fully saturated rings. The Balaban J connectivity index is 1.49. The normalized spacial score (nSPS) is 13.7. The van der Waals surface area contributed by atoms with Gasteiger partial charge in [0.05, 0.1) is 17.3 Å². The Morgan fingerprint density at radius 1 is 1.30 bits per heavy atom. The van der Waals surface area contributed by atoms with Crippen LogP contribution in [0.2, 0.25) is 5.02 Å². The zero-order valence-electron chi connectivity index (χ0n) is 15.8. The minimum Gasteiger partial charge on any atom is -0.486 e. The summed E-state index contributed by atoms with van der Waals surface area (Å²) < 4.78 is 11.2. The van der Waals surface area contributed by atoms with Crippen molar-refractivity contribution >= 4 is 28.9 Å². The Morgan fingerprint density at radius 2 is 2.11 bits per heavy atom. The molecule has 0 radical (unpaired) electrons. The van der Waals surface area contributed by atoms with Gasteiger partial charge in [0.15, 0.2) is 17.5 Å². The standard InChI is InChI=1S/C19H25ClN4O2S/c1-12(2)15-11-27-17(24-15)10-23-19(21-3)22-5-4-13-8-14(20)18-16(9-13)25-6-7-26-18/h8-9,11-12H,4-7,10H2,1-3H3,(H2,21,22,23). The van der Waals surface area contributed by atoms with Crippen LogP contribution in [0.25, 0.3) is 0 Å². The number of nitrogens with one attached hydrogen (secondary N) is 2. The van der Waals surface area contributed by atoms with Gasteiger partial charge >= 0.3 is 0 Å². The summed E-state index contributed by atoms with van der Waals surface area (Å²) in [6, 6.07) is 3.91. The predicted octanol–water partition coefficient (Wildman–Crippen LogP) is 3.60. The van der Waals surface area contributed by atoms with Gasteiger partial charge in [-0.25, -0.2) is 4.98 Å². The fourth-order valence-corrected chi connectivity index (χ4v) is 3.87. The highest BCUT2D eigenvalue weighted by Crippen LogP contribution is 2.38. The van der Waals surface area contributed by atoms with Crippen molar-refractivity contribution in [3.8, 4) is 11.5 Å². The summed E-state index contributed by atoms with van der Waals surface area (Å²) in [5.74, 6) is 2.56. The number of benzene rings is 1. The molecule has 0 amide bonds. The molecule has 0 bridgehead atoms. The van der Waals surface area contributed by atoms with Crippen molar-refractivity contribution in [3.63, 3.8) is 0 Å². The van der Waals surface area contributed by atoms with Crippen molar-refractivity contribution in [1.82, 2.24) is 15.6 Å². The summed E-state index contributed by atoms with van der Waals surface area (Å²) in [7, 11) is 1.76. The van der Waals surface area contributed by atoms with Crippen molar-refractivity contribution in [2.24, 2.45) is 4.99 Å². The summed E-state index contributed by atoms with van der Waals surface area (Å²) >= 11 is 7.96. The average molecular weight is 409 g/mol. The van der Waals surface area contributed by atoms with E-state index in [1.165, 1.54) is 0 Å². The van der Waals surface area contributed by atoms with Gasteiger partial charge in [0, 0.05) is 19.0 Å². The Morgan fingerprint density at radius 3 is 2.85 bits per heavy atom. The topological polar surface area (TPSA) is 67.8 Å². The lowest BCUT2D eigenvalue weighted by molar-refractivity contribution is 0.171. The second-order valence-electron chi connectivity index (χ2n) is 6.53. The predicted molar refractivity (Wildman–Crippen MR) is 111 cm³/mol. The maximum atomic E-state index is 6.29. The van der Waals surface area contributed by atoms with Crippen LogP contribution in [0.5, 0.6) is 11.5 Å². The van der Waals surface area contributed by atoms with E-state index in [9.17, 15) is 0 Å². The minimum atomic E-state index is 0.449. The molecule has 0 saturated heterocycles. The van der Waals surface area contributed by atoms with E-state index < -0.39 is 0 Å². The van der Waals surface area contributed by atoms with E-state index in [0.29, 0.717) is 36.4 Å². The molecule has 2 heterocycles. The Labute approximate surface area is 169 Å². The van der Waals surface area contributed by atoms with Crippen molar-refractivity contribution in [2.45, 2.75) is 32.7 Å². The molecule has 0 unspecified atom stereocenters. The molecule has 1 aliphatic heterocycles. The van der Waals surface area contributed by atoms with Crippen LogP contribution in [0, 0.1) is 0 Å². The molecule has 0 saturated carbocycles. The monoisotopic (exact) mass is 408 g/mol. The van der Waals surface area contributed by atoms with Crippen LogP contribution >= 0.6 is 22.9 Å². The quantitative estimate of drug-likeness (QED) is 0.564. The van der Waals surface area contributed by atoms with Crippen LogP contribution in [-0.4, -0.2) is 37.7 Å². The number of aliphatic imine (C=N–C) groups is 1. The third-order valence-electron chi connectivity index (χ3n) is 4.15. The molecular formula is C19H25ClN4O2S. The highest BCUT2D eigenvalue weighted by atomic mass is 35.5. The molecule has 27 heavy (non-hydrogen) atoms. The SMILES string of the molecule is CN=C(NCCc1cc(Cl)c2c(c1)OCCO2)NCc1nc(C(C)C)cs1. The summed E-state index contributed by atoms with van der Waals surface area (Å²) in [6.07, 6.45) is 0.797. The highest BCUT2D eigenvalue weighted by Gasteiger charge is 2.16. The molecule has 0 spiro atoms. The number of guanidine groups is 1. The summed E-state index contributed by atoms with van der Waals surface area (Å²) in [4.78, 5) is 8.89. The van der Waals surface area contributed by atoms with Crippen LogP contribution in [0.3, 0.4) is 0 Å². The van der Waals surface area contributed by atoms with E-state index in [1.54, 1.807) is 18.4 Å². The first-order chi connectivity index (χ1) is 13.1. The van der Waals surface area contributed by atoms with E-state index in [1.807, 2.05) is 12.1 Å². The minimum absolute atomic E-state index is 0.449. The van der Waals surface area contributed by atoms with Gasteiger partial charge in [0.25, 0.3) is 0 Å². The molecule has 3 rings (SSSR count). The number of halogens is 1. The molecule has 1 aromatic heterocycles. The number of ether oxygens (including phenoxy) is 2. The highest BCUT2D eigenvalue weighted by molar-refractivity contribution is 7.09.